The Morgan fingerprint density at radius 3 is 2.67 bits per heavy atom. The second-order valence-corrected chi connectivity index (χ2v) is 5.99. The molecule has 3 rings (SSSR count). The van der Waals surface area contributed by atoms with Crippen LogP contribution in [0.4, 0.5) is 4.39 Å². The number of halogens is 1. The standard InChI is InChI=1S/C15H20FN5/c1-12-6-8-20(9-7-12)11-15-17-18-19-21(15)10-13-2-4-14(16)5-3-13/h2-5,12H,6-11H2,1H3/p+1. The van der Waals surface area contributed by atoms with Crippen LogP contribution in [0.3, 0.4) is 0 Å². The van der Waals surface area contributed by atoms with E-state index in [1.807, 2.05) is 4.68 Å². The molecule has 1 fully saturated rings. The third-order valence-corrected chi connectivity index (χ3v) is 4.24. The van der Waals surface area contributed by atoms with Gasteiger partial charge < -0.3 is 4.90 Å². The van der Waals surface area contributed by atoms with Gasteiger partial charge in [-0.15, -0.1) is 5.10 Å². The second-order valence-electron chi connectivity index (χ2n) is 5.99. The molecular formula is C15H21FN5+. The van der Waals surface area contributed by atoms with Gasteiger partial charge in [0.2, 0.25) is 5.82 Å². The average Bonchev–Trinajstić information content (AvgIpc) is 2.91. The SMILES string of the molecule is CC1CC[NH+](Cc2nnnn2Cc2ccc(F)cc2)CC1. The molecule has 1 aliphatic rings. The van der Waals surface area contributed by atoms with Crippen molar-refractivity contribution in [3.8, 4) is 0 Å². The predicted molar refractivity (Wildman–Crippen MR) is 76.1 cm³/mol. The molecule has 0 unspecified atom stereocenters. The Hall–Kier alpha value is -1.82. The lowest BCUT2D eigenvalue weighted by molar-refractivity contribution is -0.920. The van der Waals surface area contributed by atoms with E-state index in [-0.39, 0.29) is 5.82 Å². The van der Waals surface area contributed by atoms with Gasteiger partial charge in [0.25, 0.3) is 0 Å². The number of nitrogens with zero attached hydrogens (tertiary/aromatic N) is 4. The number of hydrogen-bond acceptors (Lipinski definition) is 3. The van der Waals surface area contributed by atoms with Crippen molar-refractivity contribution in [3.63, 3.8) is 0 Å². The van der Waals surface area contributed by atoms with Crippen LogP contribution in [0.1, 0.15) is 31.2 Å². The third-order valence-electron chi connectivity index (χ3n) is 4.24. The number of tetrazole rings is 1. The molecule has 1 aliphatic heterocycles. The van der Waals surface area contributed by atoms with Crippen LogP contribution < -0.4 is 4.90 Å². The molecule has 0 amide bonds. The highest BCUT2D eigenvalue weighted by atomic mass is 19.1. The van der Waals surface area contributed by atoms with E-state index in [1.54, 1.807) is 17.0 Å². The van der Waals surface area contributed by atoms with E-state index >= 15 is 0 Å². The Morgan fingerprint density at radius 1 is 1.24 bits per heavy atom. The average molecular weight is 290 g/mol. The molecule has 1 aromatic carbocycles. The molecule has 1 saturated heterocycles. The van der Waals surface area contributed by atoms with Gasteiger partial charge in [-0.05, 0) is 46.9 Å². The summed E-state index contributed by atoms with van der Waals surface area (Å²) in [7, 11) is 0. The van der Waals surface area contributed by atoms with Crippen LogP contribution >= 0.6 is 0 Å². The van der Waals surface area contributed by atoms with E-state index in [0.717, 1.165) is 23.9 Å². The van der Waals surface area contributed by atoms with Gasteiger partial charge in [0.1, 0.15) is 12.4 Å². The zero-order valence-electron chi connectivity index (χ0n) is 12.3. The van der Waals surface area contributed by atoms with Crippen LogP contribution in [0.5, 0.6) is 0 Å². The van der Waals surface area contributed by atoms with Crippen LogP contribution in [0.25, 0.3) is 0 Å². The van der Waals surface area contributed by atoms with E-state index < -0.39 is 0 Å². The van der Waals surface area contributed by atoms with Gasteiger partial charge in [0.15, 0.2) is 0 Å². The molecule has 0 spiro atoms. The lowest BCUT2D eigenvalue weighted by atomic mass is 9.99. The van der Waals surface area contributed by atoms with Crippen molar-refractivity contribution < 1.29 is 9.29 Å². The second kappa shape index (κ2) is 6.30. The fourth-order valence-electron chi connectivity index (χ4n) is 2.81. The van der Waals surface area contributed by atoms with E-state index in [0.29, 0.717) is 6.54 Å². The first kappa shape index (κ1) is 14.1. The van der Waals surface area contributed by atoms with Crippen molar-refractivity contribution >= 4 is 0 Å². The molecule has 0 atom stereocenters. The molecule has 5 nitrogen and oxygen atoms in total. The number of hydrogen-bond donors (Lipinski definition) is 1. The third kappa shape index (κ3) is 3.64. The van der Waals surface area contributed by atoms with Crippen LogP contribution in [0.15, 0.2) is 24.3 Å². The smallest absolute Gasteiger partial charge is 0.206 e. The first-order valence-electron chi connectivity index (χ1n) is 7.54. The van der Waals surface area contributed by atoms with Crippen molar-refractivity contribution in [2.24, 2.45) is 5.92 Å². The van der Waals surface area contributed by atoms with Gasteiger partial charge in [-0.3, -0.25) is 0 Å². The maximum atomic E-state index is 12.9. The minimum absolute atomic E-state index is 0.220. The van der Waals surface area contributed by atoms with Crippen molar-refractivity contribution in [2.45, 2.75) is 32.9 Å². The largest absolute Gasteiger partial charge is 0.329 e. The Kier molecular flexibility index (Phi) is 4.24. The predicted octanol–water partition coefficient (Wildman–Crippen LogP) is 0.675. The van der Waals surface area contributed by atoms with E-state index in [2.05, 4.69) is 22.4 Å². The summed E-state index contributed by atoms with van der Waals surface area (Å²) < 4.78 is 14.8. The number of piperidine rings is 1. The van der Waals surface area contributed by atoms with Crippen molar-refractivity contribution in [1.82, 2.24) is 20.2 Å². The van der Waals surface area contributed by atoms with Gasteiger partial charge in [0.05, 0.1) is 19.6 Å². The maximum Gasteiger partial charge on any atom is 0.206 e. The quantitative estimate of drug-likeness (QED) is 0.900. The normalized spacial score (nSPS) is 22.4. The topological polar surface area (TPSA) is 48.0 Å². The molecule has 0 aliphatic carbocycles. The van der Waals surface area contributed by atoms with Crippen LogP contribution in [-0.2, 0) is 13.1 Å². The van der Waals surface area contributed by atoms with Gasteiger partial charge in [0, 0.05) is 0 Å². The Bertz CT molecular complexity index is 572. The number of rotatable bonds is 4. The first-order valence-corrected chi connectivity index (χ1v) is 7.54. The van der Waals surface area contributed by atoms with Crippen LogP contribution in [-0.4, -0.2) is 33.3 Å². The van der Waals surface area contributed by atoms with Crippen LogP contribution in [0.2, 0.25) is 0 Å². The highest BCUT2D eigenvalue weighted by Crippen LogP contribution is 2.08. The molecule has 2 heterocycles. The molecule has 1 N–H and O–H groups in total. The summed E-state index contributed by atoms with van der Waals surface area (Å²) in [6, 6.07) is 6.49. The van der Waals surface area contributed by atoms with E-state index in [4.69, 9.17) is 0 Å². The summed E-state index contributed by atoms with van der Waals surface area (Å²) in [5.41, 5.74) is 1.01. The number of quaternary nitrogens is 1. The van der Waals surface area contributed by atoms with Gasteiger partial charge in [-0.1, -0.05) is 19.1 Å². The molecule has 0 saturated carbocycles. The Balaban J connectivity index is 1.65. The Labute approximate surface area is 123 Å². The fourth-order valence-corrected chi connectivity index (χ4v) is 2.81. The zero-order valence-corrected chi connectivity index (χ0v) is 12.3. The van der Waals surface area contributed by atoms with E-state index in [1.165, 1.54) is 38.1 Å². The van der Waals surface area contributed by atoms with Gasteiger partial charge in [-0.25, -0.2) is 9.07 Å². The lowest BCUT2D eigenvalue weighted by Gasteiger charge is -2.26. The number of benzene rings is 1. The van der Waals surface area contributed by atoms with Crippen molar-refractivity contribution in [1.29, 1.82) is 0 Å². The minimum Gasteiger partial charge on any atom is -0.329 e. The lowest BCUT2D eigenvalue weighted by Crippen LogP contribution is -3.11. The number of nitrogens with one attached hydrogen (secondary N) is 1. The zero-order chi connectivity index (χ0) is 14.7. The molecule has 112 valence electrons. The molecule has 2 aromatic rings. The molecule has 0 radical (unpaired) electrons. The highest BCUT2D eigenvalue weighted by Gasteiger charge is 2.21. The highest BCUT2D eigenvalue weighted by molar-refractivity contribution is 5.16. The molecule has 6 heteroatoms. The number of likely N-dealkylation sites (tertiary alicyclic amines) is 1. The fraction of sp³-hybridized carbons (Fsp3) is 0.533. The minimum atomic E-state index is -0.220. The Morgan fingerprint density at radius 2 is 1.95 bits per heavy atom. The summed E-state index contributed by atoms with van der Waals surface area (Å²) >= 11 is 0. The monoisotopic (exact) mass is 290 g/mol. The van der Waals surface area contributed by atoms with E-state index in [9.17, 15) is 4.39 Å². The van der Waals surface area contributed by atoms with Gasteiger partial charge in [-0.2, -0.15) is 0 Å². The van der Waals surface area contributed by atoms with Gasteiger partial charge >= 0.3 is 0 Å². The van der Waals surface area contributed by atoms with Crippen LogP contribution in [0, 0.1) is 11.7 Å². The first-order chi connectivity index (χ1) is 10.2. The maximum absolute atomic E-state index is 12.9. The van der Waals surface area contributed by atoms with Crippen molar-refractivity contribution in [2.75, 3.05) is 13.1 Å². The summed E-state index contributed by atoms with van der Waals surface area (Å²) in [6.07, 6.45) is 2.55. The molecule has 0 bridgehead atoms. The number of aromatic nitrogens is 4. The molecule has 1 aromatic heterocycles. The summed E-state index contributed by atoms with van der Waals surface area (Å²) in [4.78, 5) is 1.54. The summed E-state index contributed by atoms with van der Waals surface area (Å²) in [6.45, 7) is 6.14. The summed E-state index contributed by atoms with van der Waals surface area (Å²) in [5.74, 6) is 1.52. The molecular weight excluding hydrogens is 269 g/mol. The summed E-state index contributed by atoms with van der Waals surface area (Å²) in [5, 5.41) is 12.0. The van der Waals surface area contributed by atoms with Crippen molar-refractivity contribution in [3.05, 3.63) is 41.5 Å². The molecule has 21 heavy (non-hydrogen) atoms.